The van der Waals surface area contributed by atoms with Gasteiger partial charge in [-0.25, -0.2) is 0 Å². The van der Waals surface area contributed by atoms with Crippen LogP contribution in [0.2, 0.25) is 10.0 Å². The van der Waals surface area contributed by atoms with Gasteiger partial charge in [0.2, 0.25) is 0 Å². The second-order valence-corrected chi connectivity index (χ2v) is 4.02. The predicted molar refractivity (Wildman–Crippen MR) is 61.8 cm³/mol. The van der Waals surface area contributed by atoms with Gasteiger partial charge in [0.15, 0.2) is 0 Å². The van der Waals surface area contributed by atoms with Crippen LogP contribution in [0.4, 0.5) is 0 Å². The molecule has 1 unspecified atom stereocenters. The van der Waals surface area contributed by atoms with Crippen molar-refractivity contribution in [1.29, 1.82) is 0 Å². The summed E-state index contributed by atoms with van der Waals surface area (Å²) in [6, 6.07) is 5.90. The largest absolute Gasteiger partial charge is 0.329 e. The molecule has 0 fully saturated rings. The van der Waals surface area contributed by atoms with Crippen LogP contribution in [0, 0.1) is 0 Å². The van der Waals surface area contributed by atoms with Crippen molar-refractivity contribution in [2.75, 3.05) is 6.54 Å². The van der Waals surface area contributed by atoms with E-state index in [1.165, 1.54) is 0 Å². The van der Waals surface area contributed by atoms with Gasteiger partial charge in [0.05, 0.1) is 10.0 Å². The first-order valence-electron chi connectivity index (χ1n) is 4.51. The Morgan fingerprint density at radius 2 is 2.14 bits per heavy atom. The van der Waals surface area contributed by atoms with Crippen molar-refractivity contribution in [3.63, 3.8) is 0 Å². The molecule has 1 atom stereocenters. The van der Waals surface area contributed by atoms with E-state index in [0.29, 0.717) is 23.1 Å². The van der Waals surface area contributed by atoms with Gasteiger partial charge in [-0.3, -0.25) is 0 Å². The lowest BCUT2D eigenvalue weighted by Gasteiger charge is -2.12. The average molecular weight is 233 g/mol. The first-order valence-corrected chi connectivity index (χ1v) is 5.27. The molecule has 1 aromatic rings. The molecule has 3 N–H and O–H groups in total. The van der Waals surface area contributed by atoms with Crippen molar-refractivity contribution in [3.05, 3.63) is 33.8 Å². The standard InChI is InChI=1S/C10H14Cl2N2/c1-7(5-13)14-6-8-3-2-4-9(11)10(8)12/h2-4,7,14H,5-6,13H2,1H3. The highest BCUT2D eigenvalue weighted by Crippen LogP contribution is 2.25. The van der Waals surface area contributed by atoms with Crippen LogP contribution in [0.15, 0.2) is 18.2 Å². The fraction of sp³-hybridized carbons (Fsp3) is 0.400. The quantitative estimate of drug-likeness (QED) is 0.838. The van der Waals surface area contributed by atoms with Gasteiger partial charge in [-0.15, -0.1) is 0 Å². The Bertz CT molecular complexity index is 302. The van der Waals surface area contributed by atoms with Crippen LogP contribution in [0.5, 0.6) is 0 Å². The van der Waals surface area contributed by atoms with E-state index in [-0.39, 0.29) is 6.04 Å². The third kappa shape index (κ3) is 3.14. The van der Waals surface area contributed by atoms with Gasteiger partial charge in [-0.05, 0) is 18.6 Å². The SMILES string of the molecule is CC(CN)NCc1cccc(Cl)c1Cl. The third-order valence-electron chi connectivity index (χ3n) is 2.03. The average Bonchev–Trinajstić information content (AvgIpc) is 2.20. The first-order chi connectivity index (χ1) is 6.65. The van der Waals surface area contributed by atoms with Gasteiger partial charge in [-0.2, -0.15) is 0 Å². The highest BCUT2D eigenvalue weighted by molar-refractivity contribution is 6.42. The Hall–Kier alpha value is -0.280. The number of nitrogens with one attached hydrogen (secondary N) is 1. The lowest BCUT2D eigenvalue weighted by Crippen LogP contribution is -2.32. The van der Waals surface area contributed by atoms with E-state index in [9.17, 15) is 0 Å². The topological polar surface area (TPSA) is 38.0 Å². The maximum Gasteiger partial charge on any atom is 0.0637 e. The van der Waals surface area contributed by atoms with E-state index in [4.69, 9.17) is 28.9 Å². The molecule has 0 amide bonds. The number of rotatable bonds is 4. The van der Waals surface area contributed by atoms with Gasteiger partial charge < -0.3 is 11.1 Å². The van der Waals surface area contributed by atoms with E-state index in [2.05, 4.69) is 5.32 Å². The van der Waals surface area contributed by atoms with Crippen molar-refractivity contribution >= 4 is 23.2 Å². The second kappa shape index (κ2) is 5.56. The molecule has 0 radical (unpaired) electrons. The normalized spacial score (nSPS) is 12.9. The maximum atomic E-state index is 6.02. The van der Waals surface area contributed by atoms with Crippen LogP contribution in [0.3, 0.4) is 0 Å². The van der Waals surface area contributed by atoms with Crippen LogP contribution < -0.4 is 11.1 Å². The van der Waals surface area contributed by atoms with E-state index < -0.39 is 0 Å². The summed E-state index contributed by atoms with van der Waals surface area (Å²) >= 11 is 11.9. The number of benzene rings is 1. The fourth-order valence-corrected chi connectivity index (χ4v) is 1.44. The molecule has 0 aromatic heterocycles. The molecule has 0 bridgehead atoms. The molecule has 4 heteroatoms. The van der Waals surface area contributed by atoms with Crippen molar-refractivity contribution in [2.45, 2.75) is 19.5 Å². The Kier molecular flexibility index (Phi) is 4.69. The van der Waals surface area contributed by atoms with Gasteiger partial charge in [0.25, 0.3) is 0 Å². The highest BCUT2D eigenvalue weighted by Gasteiger charge is 2.04. The third-order valence-corrected chi connectivity index (χ3v) is 2.88. The van der Waals surface area contributed by atoms with Crippen molar-refractivity contribution in [2.24, 2.45) is 5.73 Å². The number of halogens is 2. The van der Waals surface area contributed by atoms with E-state index in [1.807, 2.05) is 19.1 Å². The number of nitrogens with two attached hydrogens (primary N) is 1. The summed E-state index contributed by atoms with van der Waals surface area (Å²) in [5, 5.41) is 4.45. The van der Waals surface area contributed by atoms with Crippen molar-refractivity contribution in [3.8, 4) is 0 Å². The van der Waals surface area contributed by atoms with Crippen molar-refractivity contribution in [1.82, 2.24) is 5.32 Å². The Morgan fingerprint density at radius 1 is 1.43 bits per heavy atom. The molecule has 1 aromatic carbocycles. The lowest BCUT2D eigenvalue weighted by molar-refractivity contribution is 0.556. The Balaban J connectivity index is 2.63. The highest BCUT2D eigenvalue weighted by atomic mass is 35.5. The predicted octanol–water partition coefficient (Wildman–Crippen LogP) is 2.43. The van der Waals surface area contributed by atoms with Crippen molar-refractivity contribution < 1.29 is 0 Å². The molecule has 78 valence electrons. The van der Waals surface area contributed by atoms with Gasteiger partial charge >= 0.3 is 0 Å². The van der Waals surface area contributed by atoms with Crippen LogP contribution in [-0.4, -0.2) is 12.6 Å². The molecule has 0 saturated heterocycles. The minimum Gasteiger partial charge on any atom is -0.329 e. The molecule has 0 spiro atoms. The van der Waals surface area contributed by atoms with Crippen LogP contribution >= 0.6 is 23.2 Å². The van der Waals surface area contributed by atoms with E-state index >= 15 is 0 Å². The van der Waals surface area contributed by atoms with Crippen LogP contribution in [0.25, 0.3) is 0 Å². The molecule has 0 aliphatic heterocycles. The smallest absolute Gasteiger partial charge is 0.0637 e. The molecule has 2 nitrogen and oxygen atoms in total. The van der Waals surface area contributed by atoms with Gasteiger partial charge in [-0.1, -0.05) is 35.3 Å². The van der Waals surface area contributed by atoms with Crippen LogP contribution in [-0.2, 0) is 6.54 Å². The van der Waals surface area contributed by atoms with Gasteiger partial charge in [0, 0.05) is 19.1 Å². The number of hydrogen-bond acceptors (Lipinski definition) is 2. The molecular weight excluding hydrogens is 219 g/mol. The van der Waals surface area contributed by atoms with Gasteiger partial charge in [0.1, 0.15) is 0 Å². The molecule has 0 saturated carbocycles. The minimum atomic E-state index is 0.282. The molecule has 0 aliphatic rings. The molecule has 0 heterocycles. The summed E-state index contributed by atoms with van der Waals surface area (Å²) < 4.78 is 0. The molecule has 14 heavy (non-hydrogen) atoms. The first kappa shape index (κ1) is 11.8. The zero-order chi connectivity index (χ0) is 10.6. The van der Waals surface area contributed by atoms with E-state index in [1.54, 1.807) is 6.07 Å². The summed E-state index contributed by atoms with van der Waals surface area (Å²) in [6.07, 6.45) is 0. The Labute approximate surface area is 94.4 Å². The monoisotopic (exact) mass is 232 g/mol. The summed E-state index contributed by atoms with van der Waals surface area (Å²) in [4.78, 5) is 0. The molecule has 0 aliphatic carbocycles. The second-order valence-electron chi connectivity index (χ2n) is 3.23. The zero-order valence-corrected chi connectivity index (χ0v) is 9.57. The fourth-order valence-electron chi connectivity index (χ4n) is 1.05. The minimum absolute atomic E-state index is 0.282. The summed E-state index contributed by atoms with van der Waals surface area (Å²) in [5.74, 6) is 0. The van der Waals surface area contributed by atoms with Crippen LogP contribution in [0.1, 0.15) is 12.5 Å². The Morgan fingerprint density at radius 3 is 2.79 bits per heavy atom. The summed E-state index contributed by atoms with van der Waals surface area (Å²) in [7, 11) is 0. The maximum absolute atomic E-state index is 6.02. The van der Waals surface area contributed by atoms with E-state index in [0.717, 1.165) is 5.56 Å². The zero-order valence-electron chi connectivity index (χ0n) is 8.06. The lowest BCUT2D eigenvalue weighted by atomic mass is 10.2. The number of hydrogen-bond donors (Lipinski definition) is 2. The molecular formula is C10H14Cl2N2. The summed E-state index contributed by atoms with van der Waals surface area (Å²) in [5.41, 5.74) is 6.48. The summed E-state index contributed by atoms with van der Waals surface area (Å²) in [6.45, 7) is 3.33. The molecule has 1 rings (SSSR count).